The molecule has 1 saturated heterocycles. The van der Waals surface area contributed by atoms with Crippen molar-refractivity contribution in [1.82, 2.24) is 4.90 Å². The Balaban J connectivity index is 2.18. The summed E-state index contributed by atoms with van der Waals surface area (Å²) in [6.45, 7) is 1.19. The molecule has 0 bridgehead atoms. The van der Waals surface area contributed by atoms with Crippen LogP contribution in [0.3, 0.4) is 0 Å². The molecule has 0 aromatic heterocycles. The summed E-state index contributed by atoms with van der Waals surface area (Å²) in [5, 5.41) is 9.08. The van der Waals surface area contributed by atoms with Gasteiger partial charge in [-0.05, 0) is 31.2 Å². The lowest BCUT2D eigenvalue weighted by atomic mass is 9.96. The molecular weight excluding hydrogens is 150 g/mol. The van der Waals surface area contributed by atoms with E-state index in [9.17, 15) is 0 Å². The zero-order valence-corrected chi connectivity index (χ0v) is 7.20. The monoisotopic (exact) mass is 163 g/mol. The van der Waals surface area contributed by atoms with Crippen molar-refractivity contribution in [2.24, 2.45) is 0 Å². The highest BCUT2D eigenvalue weighted by molar-refractivity contribution is 5.28. The van der Waals surface area contributed by atoms with Crippen LogP contribution in [0.15, 0.2) is 24.3 Å². The number of benzene rings is 1. The van der Waals surface area contributed by atoms with Gasteiger partial charge in [0.05, 0.1) is 0 Å². The van der Waals surface area contributed by atoms with E-state index in [4.69, 9.17) is 5.11 Å². The summed E-state index contributed by atoms with van der Waals surface area (Å²) < 4.78 is 0. The van der Waals surface area contributed by atoms with Crippen LogP contribution in [0.4, 0.5) is 0 Å². The highest BCUT2D eigenvalue weighted by Gasteiger charge is 2.25. The molecule has 2 heteroatoms. The van der Waals surface area contributed by atoms with E-state index in [0.717, 1.165) is 0 Å². The normalized spacial score (nSPS) is 23.6. The fourth-order valence-electron chi connectivity index (χ4n) is 1.63. The number of rotatable bonds is 1. The fourth-order valence-corrected chi connectivity index (χ4v) is 1.63. The van der Waals surface area contributed by atoms with Crippen molar-refractivity contribution < 1.29 is 5.11 Å². The molecule has 1 aromatic rings. The molecule has 1 aliphatic rings. The van der Waals surface area contributed by atoms with Gasteiger partial charge in [-0.15, -0.1) is 0 Å². The van der Waals surface area contributed by atoms with Gasteiger partial charge in [0.2, 0.25) is 0 Å². The van der Waals surface area contributed by atoms with E-state index in [-0.39, 0.29) is 0 Å². The third-order valence-corrected chi connectivity index (χ3v) is 2.57. The molecule has 0 spiro atoms. The molecule has 1 heterocycles. The summed E-state index contributed by atoms with van der Waals surface area (Å²) in [5.74, 6) is 0.348. The summed E-state index contributed by atoms with van der Waals surface area (Å²) in [7, 11) is 2.13. The SMILES string of the molecule is CN1CCC1c1ccc(O)cc1. The van der Waals surface area contributed by atoms with Gasteiger partial charge in [0, 0.05) is 12.6 Å². The van der Waals surface area contributed by atoms with Gasteiger partial charge in [-0.25, -0.2) is 0 Å². The van der Waals surface area contributed by atoms with Crippen LogP contribution in [-0.4, -0.2) is 23.6 Å². The van der Waals surface area contributed by atoms with Crippen LogP contribution in [0.2, 0.25) is 0 Å². The largest absolute Gasteiger partial charge is 0.508 e. The van der Waals surface area contributed by atoms with Crippen LogP contribution >= 0.6 is 0 Å². The van der Waals surface area contributed by atoms with Crippen molar-refractivity contribution in [2.75, 3.05) is 13.6 Å². The number of hydrogen-bond acceptors (Lipinski definition) is 2. The van der Waals surface area contributed by atoms with E-state index in [2.05, 4.69) is 11.9 Å². The van der Waals surface area contributed by atoms with E-state index in [1.165, 1.54) is 18.5 Å². The molecule has 2 nitrogen and oxygen atoms in total. The van der Waals surface area contributed by atoms with Crippen molar-refractivity contribution in [3.8, 4) is 5.75 Å². The molecule has 0 radical (unpaired) electrons. The zero-order valence-electron chi connectivity index (χ0n) is 7.20. The second-order valence-electron chi connectivity index (χ2n) is 3.38. The van der Waals surface area contributed by atoms with Gasteiger partial charge in [-0.3, -0.25) is 4.90 Å². The van der Waals surface area contributed by atoms with Gasteiger partial charge in [-0.1, -0.05) is 12.1 Å². The Labute approximate surface area is 72.4 Å². The van der Waals surface area contributed by atoms with Gasteiger partial charge in [0.1, 0.15) is 5.75 Å². The minimum atomic E-state index is 0.348. The lowest BCUT2D eigenvalue weighted by Crippen LogP contribution is -2.37. The summed E-state index contributed by atoms with van der Waals surface area (Å²) in [6, 6.07) is 8.07. The smallest absolute Gasteiger partial charge is 0.115 e. The molecule has 1 aliphatic heterocycles. The first-order valence-electron chi connectivity index (χ1n) is 4.26. The van der Waals surface area contributed by atoms with E-state index >= 15 is 0 Å². The van der Waals surface area contributed by atoms with Crippen molar-refractivity contribution in [2.45, 2.75) is 12.5 Å². The van der Waals surface area contributed by atoms with Crippen molar-refractivity contribution >= 4 is 0 Å². The Morgan fingerprint density at radius 2 is 2.00 bits per heavy atom. The van der Waals surface area contributed by atoms with Crippen LogP contribution in [0.1, 0.15) is 18.0 Å². The lowest BCUT2D eigenvalue weighted by molar-refractivity contribution is 0.128. The molecule has 12 heavy (non-hydrogen) atoms. The second kappa shape index (κ2) is 2.79. The van der Waals surface area contributed by atoms with Crippen LogP contribution < -0.4 is 0 Å². The molecule has 0 amide bonds. The third-order valence-electron chi connectivity index (χ3n) is 2.57. The van der Waals surface area contributed by atoms with E-state index in [0.29, 0.717) is 11.8 Å². The summed E-state index contributed by atoms with van der Waals surface area (Å²) in [4.78, 5) is 2.31. The van der Waals surface area contributed by atoms with Crippen molar-refractivity contribution in [1.29, 1.82) is 0 Å². The number of phenols is 1. The molecule has 0 aliphatic carbocycles. The summed E-state index contributed by atoms with van der Waals surface area (Å²) >= 11 is 0. The minimum Gasteiger partial charge on any atom is -0.508 e. The predicted molar refractivity (Wildman–Crippen MR) is 48.1 cm³/mol. The zero-order chi connectivity index (χ0) is 8.55. The first-order chi connectivity index (χ1) is 5.77. The molecule has 1 atom stereocenters. The van der Waals surface area contributed by atoms with Gasteiger partial charge in [-0.2, -0.15) is 0 Å². The Morgan fingerprint density at radius 3 is 2.42 bits per heavy atom. The first kappa shape index (κ1) is 7.62. The van der Waals surface area contributed by atoms with Crippen molar-refractivity contribution in [3.05, 3.63) is 29.8 Å². The Kier molecular flexibility index (Phi) is 1.77. The minimum absolute atomic E-state index is 0.348. The van der Waals surface area contributed by atoms with Crippen LogP contribution in [-0.2, 0) is 0 Å². The topological polar surface area (TPSA) is 23.5 Å². The third kappa shape index (κ3) is 1.18. The molecule has 1 N–H and O–H groups in total. The lowest BCUT2D eigenvalue weighted by Gasteiger charge is -2.38. The number of hydrogen-bond donors (Lipinski definition) is 1. The average molecular weight is 163 g/mol. The van der Waals surface area contributed by atoms with E-state index in [1.807, 2.05) is 12.1 Å². The van der Waals surface area contributed by atoms with Crippen LogP contribution in [0.5, 0.6) is 5.75 Å². The number of aromatic hydroxyl groups is 1. The van der Waals surface area contributed by atoms with E-state index in [1.54, 1.807) is 12.1 Å². The number of phenolic OH excluding ortho intramolecular Hbond substituents is 1. The quantitative estimate of drug-likeness (QED) is 0.682. The highest BCUT2D eigenvalue weighted by atomic mass is 16.3. The van der Waals surface area contributed by atoms with Gasteiger partial charge >= 0.3 is 0 Å². The predicted octanol–water partition coefficient (Wildman–Crippen LogP) is 1.77. The molecule has 0 saturated carbocycles. The Hall–Kier alpha value is -1.02. The maximum Gasteiger partial charge on any atom is 0.115 e. The van der Waals surface area contributed by atoms with E-state index < -0.39 is 0 Å². The summed E-state index contributed by atoms with van der Waals surface area (Å²) in [6.07, 6.45) is 1.24. The molecule has 1 fully saturated rings. The second-order valence-corrected chi connectivity index (χ2v) is 3.38. The number of likely N-dealkylation sites (tertiary alicyclic amines) is 1. The van der Waals surface area contributed by atoms with Crippen molar-refractivity contribution in [3.63, 3.8) is 0 Å². The molecule has 1 unspecified atom stereocenters. The fraction of sp³-hybridized carbons (Fsp3) is 0.400. The highest BCUT2D eigenvalue weighted by Crippen LogP contribution is 2.31. The average Bonchev–Trinajstić information content (AvgIpc) is 2.06. The molecular formula is C10H13NO. The maximum absolute atomic E-state index is 9.08. The molecule has 64 valence electrons. The summed E-state index contributed by atoms with van der Waals surface area (Å²) in [5.41, 5.74) is 1.31. The Bertz CT molecular complexity index is 268. The van der Waals surface area contributed by atoms with Gasteiger partial charge < -0.3 is 5.11 Å². The van der Waals surface area contributed by atoms with Gasteiger partial charge in [0.15, 0.2) is 0 Å². The van der Waals surface area contributed by atoms with Gasteiger partial charge in [0.25, 0.3) is 0 Å². The standard InChI is InChI=1S/C10H13NO/c1-11-7-6-10(11)8-2-4-9(12)5-3-8/h2-5,10,12H,6-7H2,1H3. The first-order valence-corrected chi connectivity index (χ1v) is 4.26. The molecule has 2 rings (SSSR count). The van der Waals surface area contributed by atoms with Crippen LogP contribution in [0.25, 0.3) is 0 Å². The Morgan fingerprint density at radius 1 is 1.33 bits per heavy atom. The van der Waals surface area contributed by atoms with Crippen LogP contribution in [0, 0.1) is 0 Å². The molecule has 1 aromatic carbocycles. The number of nitrogens with zero attached hydrogens (tertiary/aromatic N) is 1. The maximum atomic E-state index is 9.08.